The molecule has 31 heavy (non-hydrogen) atoms. The van der Waals surface area contributed by atoms with E-state index in [4.69, 9.17) is 4.74 Å². The predicted octanol–water partition coefficient (Wildman–Crippen LogP) is 2.36. The zero-order chi connectivity index (χ0) is 22.4. The number of aryl methyl sites for hydroxylation is 1. The number of carbonyl (C=O) groups is 1. The van der Waals surface area contributed by atoms with Gasteiger partial charge >= 0.3 is 0 Å². The van der Waals surface area contributed by atoms with Crippen molar-refractivity contribution in [1.29, 1.82) is 5.26 Å². The first-order valence-corrected chi connectivity index (χ1v) is 11.8. The first-order valence-electron chi connectivity index (χ1n) is 10.3. The zero-order valence-electron chi connectivity index (χ0n) is 17.8. The molecule has 1 atom stereocenters. The topological polar surface area (TPSA) is 104 Å². The average Bonchev–Trinajstić information content (AvgIpc) is 3.24. The number of ether oxygens (including phenoxy) is 1. The minimum Gasteiger partial charge on any atom is -0.495 e. The second kappa shape index (κ2) is 9.98. The number of para-hydroxylation sites is 1. The molecular weight excluding hydrogens is 416 g/mol. The largest absolute Gasteiger partial charge is 0.495 e. The molecule has 1 aliphatic heterocycles. The van der Waals surface area contributed by atoms with Crippen molar-refractivity contribution in [3.05, 3.63) is 48.3 Å². The van der Waals surface area contributed by atoms with Gasteiger partial charge in [0.05, 0.1) is 7.11 Å². The summed E-state index contributed by atoms with van der Waals surface area (Å²) in [5.74, 6) is 0.520. The van der Waals surface area contributed by atoms with Crippen LogP contribution in [0.2, 0.25) is 0 Å². The average molecular weight is 445 g/mol. The fourth-order valence-corrected chi connectivity index (χ4v) is 5.15. The molecule has 2 aromatic rings. The van der Waals surface area contributed by atoms with Crippen LogP contribution in [0.1, 0.15) is 31.9 Å². The quantitative estimate of drug-likeness (QED) is 0.673. The first-order chi connectivity index (χ1) is 14.9. The molecule has 1 aromatic carbocycles. The summed E-state index contributed by atoms with van der Waals surface area (Å²) in [7, 11) is -2.60. The van der Waals surface area contributed by atoms with Crippen molar-refractivity contribution >= 4 is 15.9 Å². The maximum Gasteiger partial charge on any atom is 0.244 e. The summed E-state index contributed by atoms with van der Waals surface area (Å²) in [5.41, 5.74) is 0.464. The standard InChI is InChI=1S/C22H28N4O4S/c1-17-9-13-26(14-10-17)22(27)19(11-15-25-12-5-6-18(25)16-23)24-31(28,29)21-8-4-3-7-20(21)30-2/h3-8,12,17,19,24H,9-11,13-15H2,1-2H3. The molecule has 166 valence electrons. The van der Waals surface area contributed by atoms with E-state index in [2.05, 4.69) is 17.7 Å². The number of carbonyl (C=O) groups excluding carboxylic acids is 1. The monoisotopic (exact) mass is 444 g/mol. The number of amides is 1. The number of hydrogen-bond donors (Lipinski definition) is 1. The minimum atomic E-state index is -4.00. The van der Waals surface area contributed by atoms with Crippen LogP contribution < -0.4 is 9.46 Å². The van der Waals surface area contributed by atoms with E-state index in [1.807, 2.05) is 0 Å². The SMILES string of the molecule is COc1ccccc1S(=O)(=O)NC(CCn1cccc1C#N)C(=O)N1CCC(C)CC1. The second-order valence-electron chi connectivity index (χ2n) is 7.82. The molecule has 2 heterocycles. The Morgan fingerprint density at radius 3 is 2.65 bits per heavy atom. The molecule has 1 N–H and O–H groups in total. The fourth-order valence-electron chi connectivity index (χ4n) is 3.75. The summed E-state index contributed by atoms with van der Waals surface area (Å²) in [6, 6.07) is 10.9. The molecule has 0 saturated carbocycles. The number of sulfonamides is 1. The van der Waals surface area contributed by atoms with Crippen LogP contribution in [0.5, 0.6) is 5.75 Å². The smallest absolute Gasteiger partial charge is 0.244 e. The van der Waals surface area contributed by atoms with Crippen molar-refractivity contribution in [3.63, 3.8) is 0 Å². The molecule has 1 saturated heterocycles. The van der Waals surface area contributed by atoms with Gasteiger partial charge in [0.2, 0.25) is 15.9 Å². The van der Waals surface area contributed by atoms with Crippen molar-refractivity contribution in [2.45, 2.75) is 43.7 Å². The highest BCUT2D eigenvalue weighted by Crippen LogP contribution is 2.24. The normalized spacial score (nSPS) is 16.0. The van der Waals surface area contributed by atoms with Crippen LogP contribution in [0.25, 0.3) is 0 Å². The van der Waals surface area contributed by atoms with Gasteiger partial charge in [-0.2, -0.15) is 9.98 Å². The Morgan fingerprint density at radius 2 is 1.97 bits per heavy atom. The number of nitriles is 1. The van der Waals surface area contributed by atoms with Gasteiger partial charge in [0.15, 0.2) is 0 Å². The minimum absolute atomic E-state index is 0.0127. The summed E-state index contributed by atoms with van der Waals surface area (Å²) < 4.78 is 35.8. The van der Waals surface area contributed by atoms with Crippen molar-refractivity contribution < 1.29 is 17.9 Å². The van der Waals surface area contributed by atoms with E-state index in [9.17, 15) is 18.5 Å². The second-order valence-corrected chi connectivity index (χ2v) is 9.50. The van der Waals surface area contributed by atoms with E-state index < -0.39 is 16.1 Å². The van der Waals surface area contributed by atoms with Gasteiger partial charge in [-0.25, -0.2) is 8.42 Å². The maximum absolute atomic E-state index is 13.3. The van der Waals surface area contributed by atoms with Crippen LogP contribution in [0.4, 0.5) is 0 Å². The Morgan fingerprint density at radius 1 is 1.26 bits per heavy atom. The van der Waals surface area contributed by atoms with Crippen LogP contribution in [-0.4, -0.2) is 50.0 Å². The summed E-state index contributed by atoms with van der Waals surface area (Å²) >= 11 is 0. The lowest BCUT2D eigenvalue weighted by atomic mass is 9.98. The third-order valence-electron chi connectivity index (χ3n) is 5.65. The van der Waals surface area contributed by atoms with Gasteiger partial charge in [0, 0.05) is 25.8 Å². The van der Waals surface area contributed by atoms with E-state index in [0.29, 0.717) is 31.2 Å². The number of aromatic nitrogens is 1. The molecule has 3 rings (SSSR count). The molecular formula is C22H28N4O4S. The molecule has 9 heteroatoms. The number of likely N-dealkylation sites (tertiary alicyclic amines) is 1. The van der Waals surface area contributed by atoms with E-state index in [1.54, 1.807) is 46.0 Å². The lowest BCUT2D eigenvalue weighted by Gasteiger charge is -2.33. The molecule has 0 aliphatic carbocycles. The number of nitrogens with zero attached hydrogens (tertiary/aromatic N) is 3. The Labute approximate surface area is 183 Å². The van der Waals surface area contributed by atoms with Gasteiger partial charge in [0.1, 0.15) is 28.4 Å². The Balaban J connectivity index is 1.84. The Hall–Kier alpha value is -2.83. The summed E-state index contributed by atoms with van der Waals surface area (Å²) in [4.78, 5) is 15.0. The molecule has 0 radical (unpaired) electrons. The number of piperidine rings is 1. The highest BCUT2D eigenvalue weighted by molar-refractivity contribution is 7.89. The molecule has 8 nitrogen and oxygen atoms in total. The maximum atomic E-state index is 13.3. The molecule has 1 aromatic heterocycles. The van der Waals surface area contributed by atoms with E-state index in [-0.39, 0.29) is 23.0 Å². The van der Waals surface area contributed by atoms with Gasteiger partial charge in [-0.15, -0.1) is 0 Å². The number of hydrogen-bond acceptors (Lipinski definition) is 5. The lowest BCUT2D eigenvalue weighted by Crippen LogP contribution is -2.50. The molecule has 1 aliphatic rings. The van der Waals surface area contributed by atoms with E-state index in [1.165, 1.54) is 13.2 Å². The van der Waals surface area contributed by atoms with Crippen LogP contribution in [0, 0.1) is 17.2 Å². The number of nitrogens with one attached hydrogen (secondary N) is 1. The summed E-state index contributed by atoms with van der Waals surface area (Å²) in [6.07, 6.45) is 3.77. The van der Waals surface area contributed by atoms with Crippen LogP contribution in [0.15, 0.2) is 47.5 Å². The first kappa shape index (κ1) is 22.8. The lowest BCUT2D eigenvalue weighted by molar-refractivity contribution is -0.134. The molecule has 0 spiro atoms. The Kier molecular flexibility index (Phi) is 7.36. The molecule has 1 amide bonds. The highest BCUT2D eigenvalue weighted by atomic mass is 32.2. The fraction of sp³-hybridized carbons (Fsp3) is 0.455. The van der Waals surface area contributed by atoms with Crippen LogP contribution in [0.3, 0.4) is 0 Å². The van der Waals surface area contributed by atoms with Gasteiger partial charge in [0.25, 0.3) is 0 Å². The van der Waals surface area contributed by atoms with E-state index in [0.717, 1.165) is 12.8 Å². The summed E-state index contributed by atoms with van der Waals surface area (Å²) in [5, 5.41) is 9.23. The van der Waals surface area contributed by atoms with Crippen molar-refractivity contribution in [2.24, 2.45) is 5.92 Å². The third kappa shape index (κ3) is 5.46. The third-order valence-corrected chi connectivity index (χ3v) is 7.16. The number of benzene rings is 1. The summed E-state index contributed by atoms with van der Waals surface area (Å²) in [6.45, 7) is 3.71. The molecule has 1 unspecified atom stereocenters. The van der Waals surface area contributed by atoms with Crippen molar-refractivity contribution in [2.75, 3.05) is 20.2 Å². The predicted molar refractivity (Wildman–Crippen MR) is 116 cm³/mol. The van der Waals surface area contributed by atoms with Gasteiger partial charge < -0.3 is 14.2 Å². The molecule has 0 bridgehead atoms. The van der Waals surface area contributed by atoms with Crippen LogP contribution >= 0.6 is 0 Å². The van der Waals surface area contributed by atoms with Gasteiger partial charge in [-0.1, -0.05) is 19.1 Å². The van der Waals surface area contributed by atoms with Gasteiger partial charge in [-0.3, -0.25) is 4.79 Å². The highest BCUT2D eigenvalue weighted by Gasteiger charge is 2.32. The molecule has 1 fully saturated rings. The number of rotatable bonds is 8. The number of methoxy groups -OCH3 is 1. The van der Waals surface area contributed by atoms with Crippen molar-refractivity contribution in [3.8, 4) is 11.8 Å². The van der Waals surface area contributed by atoms with Crippen molar-refractivity contribution in [1.82, 2.24) is 14.2 Å². The zero-order valence-corrected chi connectivity index (χ0v) is 18.6. The van der Waals surface area contributed by atoms with Crippen LogP contribution in [-0.2, 0) is 21.4 Å². The Bertz CT molecular complexity index is 1050. The van der Waals surface area contributed by atoms with Gasteiger partial charge in [-0.05, 0) is 49.4 Å². The van der Waals surface area contributed by atoms with E-state index >= 15 is 0 Å².